The van der Waals surface area contributed by atoms with Gasteiger partial charge in [-0.1, -0.05) is 109 Å². The summed E-state index contributed by atoms with van der Waals surface area (Å²) < 4.78 is 0. The van der Waals surface area contributed by atoms with E-state index in [-0.39, 0.29) is 0 Å². The minimum Gasteiger partial charge on any atom is -0.0654 e. The summed E-state index contributed by atoms with van der Waals surface area (Å²) in [5, 5.41) is 0. The van der Waals surface area contributed by atoms with Crippen molar-refractivity contribution in [2.45, 2.75) is 124 Å². The lowest BCUT2D eigenvalue weighted by Gasteiger charge is -2.09. The average Bonchev–Trinajstić information content (AvgIpc) is 2.62. The lowest BCUT2D eigenvalue weighted by molar-refractivity contribution is 0.587. The van der Waals surface area contributed by atoms with Gasteiger partial charge in [0.05, 0.1) is 0 Å². The SMILES string of the molecule is CCCCCCCCCc1ccc(C)c(CCCCCCCCC)c1. The van der Waals surface area contributed by atoms with Crippen LogP contribution in [-0.2, 0) is 12.8 Å². The fourth-order valence-electron chi connectivity index (χ4n) is 3.71. The first kappa shape index (κ1) is 22.3. The molecular formula is C25H44. The molecule has 0 fully saturated rings. The zero-order valence-electron chi connectivity index (χ0n) is 17.5. The van der Waals surface area contributed by atoms with Gasteiger partial charge in [0.1, 0.15) is 0 Å². The Morgan fingerprint density at radius 3 is 1.60 bits per heavy atom. The zero-order chi connectivity index (χ0) is 18.2. The Bertz CT molecular complexity index is 418. The molecule has 1 rings (SSSR count). The molecule has 1 aromatic carbocycles. The van der Waals surface area contributed by atoms with Gasteiger partial charge in [-0.15, -0.1) is 0 Å². The Balaban J connectivity index is 2.19. The topological polar surface area (TPSA) is 0 Å². The third-order valence-electron chi connectivity index (χ3n) is 5.53. The van der Waals surface area contributed by atoms with Gasteiger partial charge in [-0.2, -0.15) is 0 Å². The molecule has 0 unspecified atom stereocenters. The van der Waals surface area contributed by atoms with Gasteiger partial charge >= 0.3 is 0 Å². The maximum Gasteiger partial charge on any atom is -0.0276 e. The Morgan fingerprint density at radius 2 is 1.04 bits per heavy atom. The molecule has 0 saturated carbocycles. The Labute approximate surface area is 158 Å². The third-order valence-corrected chi connectivity index (χ3v) is 5.53. The van der Waals surface area contributed by atoms with Gasteiger partial charge in [-0.25, -0.2) is 0 Å². The number of hydrogen-bond acceptors (Lipinski definition) is 0. The van der Waals surface area contributed by atoms with Crippen LogP contribution >= 0.6 is 0 Å². The molecule has 0 nitrogen and oxygen atoms in total. The van der Waals surface area contributed by atoms with Crippen LogP contribution in [-0.4, -0.2) is 0 Å². The number of hydrogen-bond donors (Lipinski definition) is 0. The Kier molecular flexibility index (Phi) is 13.8. The van der Waals surface area contributed by atoms with Gasteiger partial charge in [0.15, 0.2) is 0 Å². The van der Waals surface area contributed by atoms with E-state index < -0.39 is 0 Å². The largest absolute Gasteiger partial charge is 0.0654 e. The molecule has 0 spiro atoms. The van der Waals surface area contributed by atoms with Crippen LogP contribution < -0.4 is 0 Å². The second kappa shape index (κ2) is 15.5. The van der Waals surface area contributed by atoms with Crippen LogP contribution in [0.2, 0.25) is 0 Å². The molecule has 0 amide bonds. The molecule has 0 aliphatic rings. The molecule has 25 heavy (non-hydrogen) atoms. The Hall–Kier alpha value is -0.780. The fourth-order valence-corrected chi connectivity index (χ4v) is 3.71. The smallest absolute Gasteiger partial charge is 0.0276 e. The summed E-state index contributed by atoms with van der Waals surface area (Å²) in [5.74, 6) is 0. The van der Waals surface area contributed by atoms with E-state index in [9.17, 15) is 0 Å². The van der Waals surface area contributed by atoms with Crippen LogP contribution in [0.1, 0.15) is 120 Å². The van der Waals surface area contributed by atoms with E-state index in [2.05, 4.69) is 39.0 Å². The minimum absolute atomic E-state index is 1.28. The molecule has 0 aliphatic heterocycles. The highest BCUT2D eigenvalue weighted by molar-refractivity contribution is 5.31. The number of benzene rings is 1. The van der Waals surface area contributed by atoms with Crippen LogP contribution in [0.4, 0.5) is 0 Å². The predicted molar refractivity (Wildman–Crippen MR) is 115 cm³/mol. The van der Waals surface area contributed by atoms with E-state index in [1.54, 1.807) is 11.1 Å². The molecule has 0 atom stereocenters. The van der Waals surface area contributed by atoms with Gasteiger partial charge in [-0.05, 0) is 49.3 Å². The first-order chi connectivity index (χ1) is 12.3. The Morgan fingerprint density at radius 1 is 0.560 bits per heavy atom. The summed E-state index contributed by atoms with van der Waals surface area (Å²) >= 11 is 0. The molecule has 0 N–H and O–H groups in total. The summed E-state index contributed by atoms with van der Waals surface area (Å²) in [6.07, 6.45) is 22.2. The van der Waals surface area contributed by atoms with Crippen LogP contribution in [0.3, 0.4) is 0 Å². The van der Waals surface area contributed by atoms with Crippen LogP contribution in [0.25, 0.3) is 0 Å². The summed E-state index contributed by atoms with van der Waals surface area (Å²) in [6.45, 7) is 6.87. The highest BCUT2D eigenvalue weighted by atomic mass is 14.1. The highest BCUT2D eigenvalue weighted by Crippen LogP contribution is 2.18. The van der Waals surface area contributed by atoms with Crippen LogP contribution in [0, 0.1) is 6.92 Å². The molecule has 0 heterocycles. The van der Waals surface area contributed by atoms with Crippen molar-refractivity contribution in [3.05, 3.63) is 34.9 Å². The second-order valence-electron chi connectivity index (χ2n) is 8.00. The lowest BCUT2D eigenvalue weighted by atomic mass is 9.96. The fraction of sp³-hybridized carbons (Fsp3) is 0.760. The standard InChI is InChI=1S/C25H44/c1-4-6-8-10-12-14-16-18-24-21-20-23(3)25(22-24)19-17-15-13-11-9-7-5-2/h20-22H,4-19H2,1-3H3. The van der Waals surface area contributed by atoms with Crippen molar-refractivity contribution >= 4 is 0 Å². The van der Waals surface area contributed by atoms with Gasteiger partial charge < -0.3 is 0 Å². The second-order valence-corrected chi connectivity index (χ2v) is 8.00. The summed E-state index contributed by atoms with van der Waals surface area (Å²) in [6, 6.07) is 7.22. The van der Waals surface area contributed by atoms with E-state index in [0.717, 1.165) is 0 Å². The van der Waals surface area contributed by atoms with Gasteiger partial charge in [0.25, 0.3) is 0 Å². The summed E-state index contributed by atoms with van der Waals surface area (Å²) in [7, 11) is 0. The van der Waals surface area contributed by atoms with Crippen molar-refractivity contribution in [1.29, 1.82) is 0 Å². The highest BCUT2D eigenvalue weighted by Gasteiger charge is 2.02. The molecule has 0 aromatic heterocycles. The van der Waals surface area contributed by atoms with Gasteiger partial charge in [0.2, 0.25) is 0 Å². The summed E-state index contributed by atoms with van der Waals surface area (Å²) in [4.78, 5) is 0. The monoisotopic (exact) mass is 344 g/mol. The van der Waals surface area contributed by atoms with Crippen LogP contribution in [0.5, 0.6) is 0 Å². The number of aryl methyl sites for hydroxylation is 3. The number of rotatable bonds is 16. The molecule has 0 radical (unpaired) electrons. The molecule has 0 heteroatoms. The van der Waals surface area contributed by atoms with Gasteiger partial charge in [-0.3, -0.25) is 0 Å². The van der Waals surface area contributed by atoms with Crippen LogP contribution in [0.15, 0.2) is 18.2 Å². The molecular weight excluding hydrogens is 300 g/mol. The molecule has 144 valence electrons. The molecule has 0 saturated heterocycles. The van der Waals surface area contributed by atoms with Crippen molar-refractivity contribution < 1.29 is 0 Å². The number of unbranched alkanes of at least 4 members (excludes halogenated alkanes) is 12. The normalized spacial score (nSPS) is 11.2. The van der Waals surface area contributed by atoms with Gasteiger partial charge in [0, 0.05) is 0 Å². The molecule has 0 aliphatic carbocycles. The summed E-state index contributed by atoms with van der Waals surface area (Å²) in [5.41, 5.74) is 4.67. The maximum absolute atomic E-state index is 2.50. The maximum atomic E-state index is 2.50. The van der Waals surface area contributed by atoms with E-state index in [4.69, 9.17) is 0 Å². The lowest BCUT2D eigenvalue weighted by Crippen LogP contribution is -1.94. The van der Waals surface area contributed by atoms with Crippen molar-refractivity contribution in [2.75, 3.05) is 0 Å². The average molecular weight is 345 g/mol. The van der Waals surface area contributed by atoms with Crippen molar-refractivity contribution in [2.24, 2.45) is 0 Å². The molecule has 0 bridgehead atoms. The first-order valence-corrected chi connectivity index (χ1v) is 11.4. The van der Waals surface area contributed by atoms with Crippen molar-refractivity contribution in [3.8, 4) is 0 Å². The third kappa shape index (κ3) is 11.4. The quantitative estimate of drug-likeness (QED) is 0.263. The van der Waals surface area contributed by atoms with Crippen molar-refractivity contribution in [1.82, 2.24) is 0 Å². The minimum atomic E-state index is 1.28. The van der Waals surface area contributed by atoms with E-state index in [1.807, 2.05) is 0 Å². The van der Waals surface area contributed by atoms with E-state index >= 15 is 0 Å². The van der Waals surface area contributed by atoms with E-state index in [1.165, 1.54) is 108 Å². The molecule has 1 aromatic rings. The first-order valence-electron chi connectivity index (χ1n) is 11.4. The zero-order valence-corrected chi connectivity index (χ0v) is 17.5. The predicted octanol–water partition coefficient (Wildman–Crippen LogP) is 8.58. The van der Waals surface area contributed by atoms with E-state index in [0.29, 0.717) is 0 Å². The van der Waals surface area contributed by atoms with Crippen molar-refractivity contribution in [3.63, 3.8) is 0 Å².